The molecule has 0 unspecified atom stereocenters. The second kappa shape index (κ2) is 5.95. The molecule has 0 aliphatic heterocycles. The molecule has 4 nitrogen and oxygen atoms in total. The SMILES string of the molecule is COC(=O)c1sc(-c2cccc(CN)c2)nc1C(C)(C)C. The number of carbonyl (C=O) groups is 1. The highest BCUT2D eigenvalue weighted by Crippen LogP contribution is 2.35. The highest BCUT2D eigenvalue weighted by Gasteiger charge is 2.28. The molecule has 0 aliphatic rings. The summed E-state index contributed by atoms with van der Waals surface area (Å²) in [6.07, 6.45) is 0. The molecule has 0 fully saturated rings. The maximum Gasteiger partial charge on any atom is 0.350 e. The van der Waals surface area contributed by atoms with Gasteiger partial charge in [-0.05, 0) is 11.6 Å². The first-order chi connectivity index (χ1) is 9.86. The van der Waals surface area contributed by atoms with Crippen molar-refractivity contribution < 1.29 is 9.53 Å². The van der Waals surface area contributed by atoms with Crippen LogP contribution in [-0.4, -0.2) is 18.1 Å². The van der Waals surface area contributed by atoms with Crippen molar-refractivity contribution in [3.05, 3.63) is 40.4 Å². The smallest absolute Gasteiger partial charge is 0.350 e. The minimum absolute atomic E-state index is 0.219. The summed E-state index contributed by atoms with van der Waals surface area (Å²) in [5.41, 5.74) is 8.25. The first kappa shape index (κ1) is 15.7. The van der Waals surface area contributed by atoms with E-state index >= 15 is 0 Å². The van der Waals surface area contributed by atoms with Crippen LogP contribution >= 0.6 is 11.3 Å². The molecule has 0 atom stereocenters. The fourth-order valence-corrected chi connectivity index (χ4v) is 3.20. The van der Waals surface area contributed by atoms with E-state index in [0.29, 0.717) is 11.4 Å². The highest BCUT2D eigenvalue weighted by molar-refractivity contribution is 7.17. The van der Waals surface area contributed by atoms with E-state index in [1.54, 1.807) is 0 Å². The van der Waals surface area contributed by atoms with E-state index in [-0.39, 0.29) is 11.4 Å². The number of aromatic nitrogens is 1. The molecule has 0 bridgehead atoms. The number of nitrogens with zero attached hydrogens (tertiary/aromatic N) is 1. The van der Waals surface area contributed by atoms with Crippen molar-refractivity contribution in [2.45, 2.75) is 32.7 Å². The fraction of sp³-hybridized carbons (Fsp3) is 0.375. The molecular weight excluding hydrogens is 284 g/mol. The van der Waals surface area contributed by atoms with Crippen molar-refractivity contribution in [2.75, 3.05) is 7.11 Å². The third-order valence-electron chi connectivity index (χ3n) is 3.12. The van der Waals surface area contributed by atoms with Gasteiger partial charge in [0.25, 0.3) is 0 Å². The minimum Gasteiger partial charge on any atom is -0.465 e. The van der Waals surface area contributed by atoms with Crippen molar-refractivity contribution in [2.24, 2.45) is 5.73 Å². The van der Waals surface area contributed by atoms with Crippen LogP contribution in [0.1, 0.15) is 41.7 Å². The van der Waals surface area contributed by atoms with E-state index in [4.69, 9.17) is 10.5 Å². The van der Waals surface area contributed by atoms with Crippen LogP contribution in [-0.2, 0) is 16.7 Å². The van der Waals surface area contributed by atoms with Gasteiger partial charge in [-0.1, -0.05) is 39.0 Å². The predicted octanol–water partition coefficient (Wildman–Crippen LogP) is 3.35. The molecule has 2 rings (SSSR count). The zero-order valence-electron chi connectivity index (χ0n) is 12.8. The van der Waals surface area contributed by atoms with Gasteiger partial charge in [-0.3, -0.25) is 0 Å². The number of rotatable bonds is 3. The van der Waals surface area contributed by atoms with Crippen LogP contribution in [0.3, 0.4) is 0 Å². The van der Waals surface area contributed by atoms with Gasteiger partial charge in [0.15, 0.2) is 0 Å². The molecule has 1 heterocycles. The number of carbonyl (C=O) groups excluding carboxylic acids is 1. The van der Waals surface area contributed by atoms with Crippen LogP contribution in [0.15, 0.2) is 24.3 Å². The van der Waals surface area contributed by atoms with E-state index in [1.165, 1.54) is 18.4 Å². The number of ether oxygens (including phenoxy) is 1. The van der Waals surface area contributed by atoms with E-state index in [2.05, 4.69) is 4.98 Å². The molecule has 112 valence electrons. The maximum atomic E-state index is 12.0. The summed E-state index contributed by atoms with van der Waals surface area (Å²) in [6.45, 7) is 6.59. The number of thiazole rings is 1. The Balaban J connectivity index is 2.55. The second-order valence-corrected chi connectivity index (χ2v) is 6.84. The summed E-state index contributed by atoms with van der Waals surface area (Å²) in [5.74, 6) is -0.335. The van der Waals surface area contributed by atoms with Crippen LogP contribution in [0.4, 0.5) is 0 Å². The average Bonchev–Trinajstić information content (AvgIpc) is 2.92. The lowest BCUT2D eigenvalue weighted by molar-refractivity contribution is 0.0603. The molecule has 2 N–H and O–H groups in total. The molecule has 0 radical (unpaired) electrons. The normalized spacial score (nSPS) is 11.5. The maximum absolute atomic E-state index is 12.0. The molecule has 0 amide bonds. The summed E-state index contributed by atoms with van der Waals surface area (Å²) >= 11 is 1.36. The number of methoxy groups -OCH3 is 1. The topological polar surface area (TPSA) is 65.2 Å². The average molecular weight is 304 g/mol. The van der Waals surface area contributed by atoms with Gasteiger partial charge in [0.05, 0.1) is 12.8 Å². The molecule has 1 aromatic carbocycles. The zero-order valence-corrected chi connectivity index (χ0v) is 13.6. The number of esters is 1. The number of hydrogen-bond acceptors (Lipinski definition) is 5. The Morgan fingerprint density at radius 2 is 2.10 bits per heavy atom. The standard InChI is InChI=1S/C16H20N2O2S/c1-16(2,3)13-12(15(19)20-4)21-14(18-13)11-7-5-6-10(8-11)9-17/h5-8H,9,17H2,1-4H3. The molecule has 0 saturated heterocycles. The van der Waals surface area contributed by atoms with Crippen LogP contribution in [0.5, 0.6) is 0 Å². The van der Waals surface area contributed by atoms with Crippen molar-refractivity contribution in [1.82, 2.24) is 4.98 Å². The van der Waals surface area contributed by atoms with Gasteiger partial charge in [0, 0.05) is 17.5 Å². The molecule has 0 spiro atoms. The van der Waals surface area contributed by atoms with E-state index in [0.717, 1.165) is 21.8 Å². The Morgan fingerprint density at radius 3 is 2.67 bits per heavy atom. The van der Waals surface area contributed by atoms with E-state index in [9.17, 15) is 4.79 Å². The largest absolute Gasteiger partial charge is 0.465 e. The van der Waals surface area contributed by atoms with Gasteiger partial charge < -0.3 is 10.5 Å². The lowest BCUT2D eigenvalue weighted by atomic mass is 9.91. The molecular formula is C16H20N2O2S. The number of benzene rings is 1. The van der Waals surface area contributed by atoms with Crippen molar-refractivity contribution in [3.63, 3.8) is 0 Å². The monoisotopic (exact) mass is 304 g/mol. The Labute approximate surface area is 129 Å². The molecule has 0 aliphatic carbocycles. The van der Waals surface area contributed by atoms with Crippen LogP contribution in [0, 0.1) is 0 Å². The summed E-state index contributed by atoms with van der Waals surface area (Å²) in [5, 5.41) is 0.815. The quantitative estimate of drug-likeness (QED) is 0.883. The van der Waals surface area contributed by atoms with Crippen LogP contribution in [0.25, 0.3) is 10.6 Å². The third-order valence-corrected chi connectivity index (χ3v) is 4.20. The Hall–Kier alpha value is -1.72. The van der Waals surface area contributed by atoms with Crippen LogP contribution < -0.4 is 5.73 Å². The Morgan fingerprint density at radius 1 is 1.38 bits per heavy atom. The number of nitrogens with two attached hydrogens (primary N) is 1. The van der Waals surface area contributed by atoms with Gasteiger partial charge in [-0.15, -0.1) is 11.3 Å². The molecule has 2 aromatic rings. The first-order valence-electron chi connectivity index (χ1n) is 6.76. The van der Waals surface area contributed by atoms with E-state index < -0.39 is 0 Å². The molecule has 0 saturated carbocycles. The highest BCUT2D eigenvalue weighted by atomic mass is 32.1. The summed E-state index contributed by atoms with van der Waals surface area (Å²) in [4.78, 5) is 17.2. The molecule has 1 aromatic heterocycles. The van der Waals surface area contributed by atoms with Gasteiger partial charge in [-0.25, -0.2) is 9.78 Å². The molecule has 21 heavy (non-hydrogen) atoms. The van der Waals surface area contributed by atoms with E-state index in [1.807, 2.05) is 45.0 Å². The van der Waals surface area contributed by atoms with Gasteiger partial charge >= 0.3 is 5.97 Å². The lowest BCUT2D eigenvalue weighted by Crippen LogP contribution is -2.16. The van der Waals surface area contributed by atoms with Gasteiger partial charge in [-0.2, -0.15) is 0 Å². The van der Waals surface area contributed by atoms with Gasteiger partial charge in [0.2, 0.25) is 0 Å². The summed E-state index contributed by atoms with van der Waals surface area (Å²) in [7, 11) is 1.39. The first-order valence-corrected chi connectivity index (χ1v) is 7.57. The molecule has 5 heteroatoms. The third kappa shape index (κ3) is 3.31. The fourth-order valence-electron chi connectivity index (χ4n) is 2.01. The Bertz CT molecular complexity index is 657. The minimum atomic E-state index is -0.335. The Kier molecular flexibility index (Phi) is 4.44. The lowest BCUT2D eigenvalue weighted by Gasteiger charge is -2.16. The number of hydrogen-bond donors (Lipinski definition) is 1. The van der Waals surface area contributed by atoms with Crippen molar-refractivity contribution in [1.29, 1.82) is 0 Å². The van der Waals surface area contributed by atoms with Crippen molar-refractivity contribution >= 4 is 17.3 Å². The second-order valence-electron chi connectivity index (χ2n) is 5.84. The summed E-state index contributed by atoms with van der Waals surface area (Å²) < 4.78 is 4.88. The predicted molar refractivity (Wildman–Crippen MR) is 85.5 cm³/mol. The zero-order chi connectivity index (χ0) is 15.6. The van der Waals surface area contributed by atoms with Gasteiger partial charge in [0.1, 0.15) is 9.88 Å². The van der Waals surface area contributed by atoms with Crippen molar-refractivity contribution in [3.8, 4) is 10.6 Å². The summed E-state index contributed by atoms with van der Waals surface area (Å²) in [6, 6.07) is 7.91. The van der Waals surface area contributed by atoms with Crippen LogP contribution in [0.2, 0.25) is 0 Å².